The summed E-state index contributed by atoms with van der Waals surface area (Å²) in [6.07, 6.45) is 0.868. The Morgan fingerprint density at radius 1 is 1.42 bits per heavy atom. The third kappa shape index (κ3) is 1.13. The first-order valence-corrected chi connectivity index (χ1v) is 4.69. The highest BCUT2D eigenvalue weighted by Crippen LogP contribution is 2.27. The molecule has 0 radical (unpaired) electrons. The molecule has 0 aliphatic carbocycles. The lowest BCUT2D eigenvalue weighted by molar-refractivity contribution is 0.112. The maximum Gasteiger partial charge on any atom is 0.151 e. The van der Waals surface area contributed by atoms with E-state index in [0.717, 1.165) is 21.9 Å². The highest BCUT2D eigenvalue weighted by atomic mass is 35.5. The zero-order valence-corrected chi connectivity index (χ0v) is 7.65. The van der Waals surface area contributed by atoms with Gasteiger partial charge in [0.15, 0.2) is 6.29 Å². The van der Waals surface area contributed by atoms with Crippen molar-refractivity contribution in [1.29, 1.82) is 0 Å². The largest absolute Gasteiger partial charge is 0.298 e. The molecule has 1 heterocycles. The number of rotatable bonds is 1. The van der Waals surface area contributed by atoms with Crippen LogP contribution >= 0.6 is 22.9 Å². The van der Waals surface area contributed by atoms with Crippen LogP contribution in [-0.2, 0) is 0 Å². The topological polar surface area (TPSA) is 17.1 Å². The van der Waals surface area contributed by atoms with Gasteiger partial charge in [-0.05, 0) is 12.1 Å². The summed E-state index contributed by atoms with van der Waals surface area (Å²) >= 11 is 7.33. The SMILES string of the molecule is O=Cc1csc2cc(Cl)ccc12. The molecule has 0 saturated carbocycles. The highest BCUT2D eigenvalue weighted by molar-refractivity contribution is 7.17. The van der Waals surface area contributed by atoms with Gasteiger partial charge in [-0.15, -0.1) is 11.3 Å². The van der Waals surface area contributed by atoms with Crippen LogP contribution in [0.1, 0.15) is 10.4 Å². The molecule has 0 aliphatic rings. The Balaban J connectivity index is 2.81. The molecule has 2 rings (SSSR count). The van der Waals surface area contributed by atoms with Gasteiger partial charge in [0, 0.05) is 26.1 Å². The maximum absolute atomic E-state index is 10.5. The van der Waals surface area contributed by atoms with E-state index in [1.54, 1.807) is 6.07 Å². The van der Waals surface area contributed by atoms with Crippen LogP contribution in [0.5, 0.6) is 0 Å². The number of carbonyl (C=O) groups is 1. The Labute approximate surface area is 78.6 Å². The van der Waals surface area contributed by atoms with Crippen LogP contribution in [0, 0.1) is 0 Å². The molecule has 0 saturated heterocycles. The van der Waals surface area contributed by atoms with E-state index in [0.29, 0.717) is 5.02 Å². The third-order valence-corrected chi connectivity index (χ3v) is 2.89. The van der Waals surface area contributed by atoms with Crippen molar-refractivity contribution in [1.82, 2.24) is 0 Å². The minimum absolute atomic E-state index is 0.710. The minimum Gasteiger partial charge on any atom is -0.298 e. The van der Waals surface area contributed by atoms with E-state index >= 15 is 0 Å². The molecule has 60 valence electrons. The predicted octanol–water partition coefficient (Wildman–Crippen LogP) is 3.37. The molecule has 1 nitrogen and oxygen atoms in total. The van der Waals surface area contributed by atoms with E-state index in [9.17, 15) is 4.79 Å². The van der Waals surface area contributed by atoms with Crippen molar-refractivity contribution in [2.75, 3.05) is 0 Å². The number of halogens is 1. The van der Waals surface area contributed by atoms with E-state index in [2.05, 4.69) is 0 Å². The zero-order valence-electron chi connectivity index (χ0n) is 6.08. The van der Waals surface area contributed by atoms with Crippen LogP contribution in [0.15, 0.2) is 23.6 Å². The zero-order chi connectivity index (χ0) is 8.55. The molecular weight excluding hydrogens is 192 g/mol. The van der Waals surface area contributed by atoms with Gasteiger partial charge in [-0.3, -0.25) is 4.79 Å². The third-order valence-electron chi connectivity index (χ3n) is 1.69. The van der Waals surface area contributed by atoms with Gasteiger partial charge in [-0.25, -0.2) is 0 Å². The second kappa shape index (κ2) is 2.88. The second-order valence-electron chi connectivity index (χ2n) is 2.45. The number of fused-ring (bicyclic) bond motifs is 1. The monoisotopic (exact) mass is 196 g/mol. The number of hydrogen-bond donors (Lipinski definition) is 0. The highest BCUT2D eigenvalue weighted by Gasteiger charge is 2.02. The van der Waals surface area contributed by atoms with Gasteiger partial charge in [0.25, 0.3) is 0 Å². The maximum atomic E-state index is 10.5. The molecule has 3 heteroatoms. The van der Waals surface area contributed by atoms with Crippen molar-refractivity contribution in [3.8, 4) is 0 Å². The fourth-order valence-electron chi connectivity index (χ4n) is 1.11. The second-order valence-corrected chi connectivity index (χ2v) is 3.80. The number of thiophene rings is 1. The molecule has 1 aromatic carbocycles. The van der Waals surface area contributed by atoms with Crippen molar-refractivity contribution in [3.05, 3.63) is 34.2 Å². The fourth-order valence-corrected chi connectivity index (χ4v) is 2.29. The van der Waals surface area contributed by atoms with Gasteiger partial charge >= 0.3 is 0 Å². The Bertz CT molecular complexity index is 433. The van der Waals surface area contributed by atoms with Crippen LogP contribution in [0.3, 0.4) is 0 Å². The average molecular weight is 197 g/mol. The van der Waals surface area contributed by atoms with Crippen LogP contribution in [0.2, 0.25) is 5.02 Å². The van der Waals surface area contributed by atoms with Crippen molar-refractivity contribution in [3.63, 3.8) is 0 Å². The van der Waals surface area contributed by atoms with Crippen LogP contribution in [0.25, 0.3) is 10.1 Å². The molecule has 12 heavy (non-hydrogen) atoms. The van der Waals surface area contributed by atoms with E-state index < -0.39 is 0 Å². The molecule has 2 aromatic rings. The van der Waals surface area contributed by atoms with E-state index in [1.807, 2.05) is 17.5 Å². The summed E-state index contributed by atoms with van der Waals surface area (Å²) in [4.78, 5) is 10.5. The van der Waals surface area contributed by atoms with Gasteiger partial charge in [0.2, 0.25) is 0 Å². The molecule has 0 unspecified atom stereocenters. The van der Waals surface area contributed by atoms with E-state index in [4.69, 9.17) is 11.6 Å². The molecule has 0 aliphatic heterocycles. The first-order valence-electron chi connectivity index (χ1n) is 3.43. The molecule has 0 bridgehead atoms. The summed E-state index contributed by atoms with van der Waals surface area (Å²) in [5.74, 6) is 0. The van der Waals surface area contributed by atoms with Gasteiger partial charge in [0.1, 0.15) is 0 Å². The Morgan fingerprint density at radius 3 is 3.00 bits per heavy atom. The summed E-state index contributed by atoms with van der Waals surface area (Å²) in [5, 5.41) is 3.54. The van der Waals surface area contributed by atoms with Crippen molar-refractivity contribution >= 4 is 39.3 Å². The normalized spacial score (nSPS) is 10.4. The molecule has 1 aromatic heterocycles. The van der Waals surface area contributed by atoms with E-state index in [1.165, 1.54) is 11.3 Å². The average Bonchev–Trinajstić information content (AvgIpc) is 2.46. The lowest BCUT2D eigenvalue weighted by atomic mass is 10.2. The summed E-state index contributed by atoms with van der Waals surface area (Å²) in [5.41, 5.74) is 0.742. The van der Waals surface area contributed by atoms with Crippen LogP contribution in [0.4, 0.5) is 0 Å². The Kier molecular flexibility index (Phi) is 1.87. The number of benzene rings is 1. The Hall–Kier alpha value is -0.860. The van der Waals surface area contributed by atoms with Crippen molar-refractivity contribution < 1.29 is 4.79 Å². The lowest BCUT2D eigenvalue weighted by Gasteiger charge is -1.90. The molecule has 0 N–H and O–H groups in total. The van der Waals surface area contributed by atoms with Crippen molar-refractivity contribution in [2.24, 2.45) is 0 Å². The van der Waals surface area contributed by atoms with Gasteiger partial charge < -0.3 is 0 Å². The van der Waals surface area contributed by atoms with Crippen LogP contribution in [-0.4, -0.2) is 6.29 Å². The molecular formula is C9H5ClOS. The molecule has 0 fully saturated rings. The van der Waals surface area contributed by atoms with Crippen LogP contribution < -0.4 is 0 Å². The Morgan fingerprint density at radius 2 is 2.25 bits per heavy atom. The number of hydrogen-bond acceptors (Lipinski definition) is 2. The van der Waals surface area contributed by atoms with Gasteiger partial charge in [0.05, 0.1) is 0 Å². The quantitative estimate of drug-likeness (QED) is 0.640. The van der Waals surface area contributed by atoms with E-state index in [-0.39, 0.29) is 0 Å². The molecule has 0 spiro atoms. The molecule has 0 atom stereocenters. The fraction of sp³-hybridized carbons (Fsp3) is 0. The smallest absolute Gasteiger partial charge is 0.151 e. The van der Waals surface area contributed by atoms with Gasteiger partial charge in [-0.2, -0.15) is 0 Å². The van der Waals surface area contributed by atoms with Crippen molar-refractivity contribution in [2.45, 2.75) is 0 Å². The number of carbonyl (C=O) groups excluding carboxylic acids is 1. The summed E-state index contributed by atoms with van der Waals surface area (Å²) in [6.45, 7) is 0. The van der Waals surface area contributed by atoms with Gasteiger partial charge in [-0.1, -0.05) is 17.7 Å². The summed E-state index contributed by atoms with van der Waals surface area (Å²) in [7, 11) is 0. The first kappa shape index (κ1) is 7.77. The predicted molar refractivity (Wildman–Crippen MR) is 52.2 cm³/mol. The minimum atomic E-state index is 0.710. The summed E-state index contributed by atoms with van der Waals surface area (Å²) < 4.78 is 1.06. The molecule has 0 amide bonds. The first-order chi connectivity index (χ1) is 5.81. The standard InChI is InChI=1S/C9H5ClOS/c10-7-1-2-8-6(4-11)5-12-9(8)3-7/h1-5H. The summed E-state index contributed by atoms with van der Waals surface area (Å²) in [6, 6.07) is 5.54. The lowest BCUT2D eigenvalue weighted by Crippen LogP contribution is -1.73. The number of aldehydes is 1.